The van der Waals surface area contributed by atoms with E-state index in [2.05, 4.69) is 20.5 Å². The number of amides is 1. The minimum Gasteiger partial charge on any atom is -0.410 e. The molecule has 0 spiro atoms. The van der Waals surface area contributed by atoms with Gasteiger partial charge in [-0.05, 0) is 12.1 Å². The van der Waals surface area contributed by atoms with Crippen LogP contribution >= 0.6 is 46.0 Å². The highest BCUT2D eigenvalue weighted by Gasteiger charge is 2.13. The molecule has 0 bridgehead atoms. The monoisotopic (exact) mass is 358 g/mol. The topological polar surface area (TPSA) is 80.9 Å². The second-order valence-corrected chi connectivity index (χ2v) is 7.19. The van der Waals surface area contributed by atoms with Crippen LogP contribution in [0, 0.1) is 0 Å². The van der Waals surface area contributed by atoms with Crippen LogP contribution < -0.4 is 5.32 Å². The van der Waals surface area contributed by atoms with Gasteiger partial charge in [-0.25, -0.2) is 4.98 Å². The van der Waals surface area contributed by atoms with Gasteiger partial charge in [0, 0.05) is 11.6 Å². The summed E-state index contributed by atoms with van der Waals surface area (Å²) in [6.45, 7) is 0. The molecular formula is C11H7ClN4O2S3. The largest absolute Gasteiger partial charge is 0.410 e. The van der Waals surface area contributed by atoms with E-state index in [1.807, 2.05) is 6.07 Å². The lowest BCUT2D eigenvalue weighted by Crippen LogP contribution is -2.13. The summed E-state index contributed by atoms with van der Waals surface area (Å²) in [7, 11) is 0. The van der Waals surface area contributed by atoms with Gasteiger partial charge in [0.05, 0.1) is 15.0 Å². The fourth-order valence-electron chi connectivity index (χ4n) is 1.36. The van der Waals surface area contributed by atoms with Gasteiger partial charge in [0.1, 0.15) is 0 Å². The SMILES string of the molecule is O=C(CSc1nnc(-c2ccc(Cl)s2)o1)Nc1nccs1. The van der Waals surface area contributed by atoms with Crippen molar-refractivity contribution in [3.8, 4) is 10.8 Å². The van der Waals surface area contributed by atoms with E-state index in [4.69, 9.17) is 16.0 Å². The number of hydrogen-bond donors (Lipinski definition) is 1. The van der Waals surface area contributed by atoms with Crippen LogP contribution in [0.3, 0.4) is 0 Å². The maximum atomic E-state index is 11.7. The normalized spacial score (nSPS) is 10.7. The zero-order valence-corrected chi connectivity index (χ0v) is 13.5. The Kier molecular flexibility index (Phi) is 4.54. The molecule has 108 valence electrons. The summed E-state index contributed by atoms with van der Waals surface area (Å²) in [4.78, 5) is 16.5. The second-order valence-electron chi connectivity index (χ2n) is 3.65. The van der Waals surface area contributed by atoms with Crippen LogP contribution in [0.15, 0.2) is 33.3 Å². The third kappa shape index (κ3) is 3.82. The number of hydrogen-bond acceptors (Lipinski definition) is 8. The fraction of sp³-hybridized carbons (Fsp3) is 0.0909. The summed E-state index contributed by atoms with van der Waals surface area (Å²) < 4.78 is 6.12. The highest BCUT2D eigenvalue weighted by atomic mass is 35.5. The molecule has 3 heterocycles. The standard InChI is InChI=1S/C11H7ClN4O2S3/c12-7-2-1-6(21-7)9-15-16-11(18-9)20-5-8(17)14-10-13-3-4-19-10/h1-4H,5H2,(H,13,14,17). The lowest BCUT2D eigenvalue weighted by atomic mass is 10.5. The number of thioether (sulfide) groups is 1. The van der Waals surface area contributed by atoms with E-state index >= 15 is 0 Å². The molecule has 3 aromatic rings. The average Bonchev–Trinajstić information content (AvgIpc) is 3.17. The molecule has 1 N–H and O–H groups in total. The smallest absolute Gasteiger partial charge is 0.277 e. The number of aromatic nitrogens is 3. The van der Waals surface area contributed by atoms with Crippen molar-refractivity contribution < 1.29 is 9.21 Å². The number of nitrogens with one attached hydrogen (secondary N) is 1. The van der Waals surface area contributed by atoms with E-state index in [-0.39, 0.29) is 11.7 Å². The van der Waals surface area contributed by atoms with Gasteiger partial charge in [-0.1, -0.05) is 23.4 Å². The number of carbonyl (C=O) groups excluding carboxylic acids is 1. The van der Waals surface area contributed by atoms with Crippen molar-refractivity contribution in [1.82, 2.24) is 15.2 Å². The van der Waals surface area contributed by atoms with E-state index < -0.39 is 0 Å². The van der Waals surface area contributed by atoms with E-state index in [0.717, 1.165) is 4.88 Å². The highest BCUT2D eigenvalue weighted by molar-refractivity contribution is 7.99. The van der Waals surface area contributed by atoms with E-state index in [0.29, 0.717) is 20.6 Å². The summed E-state index contributed by atoms with van der Waals surface area (Å²) in [5.41, 5.74) is 0. The molecule has 0 aliphatic rings. The summed E-state index contributed by atoms with van der Waals surface area (Å²) in [6, 6.07) is 3.57. The zero-order chi connectivity index (χ0) is 14.7. The molecule has 0 radical (unpaired) electrons. The summed E-state index contributed by atoms with van der Waals surface area (Å²) in [6.07, 6.45) is 1.63. The quantitative estimate of drug-likeness (QED) is 0.701. The predicted octanol–water partition coefficient (Wildman–Crippen LogP) is 3.64. The van der Waals surface area contributed by atoms with E-state index in [1.165, 1.54) is 34.4 Å². The van der Waals surface area contributed by atoms with Crippen LogP contribution in [0.4, 0.5) is 5.13 Å². The molecule has 21 heavy (non-hydrogen) atoms. The molecule has 0 saturated carbocycles. The van der Waals surface area contributed by atoms with Crippen molar-refractivity contribution in [1.29, 1.82) is 0 Å². The maximum absolute atomic E-state index is 11.7. The van der Waals surface area contributed by atoms with E-state index in [9.17, 15) is 4.79 Å². The number of nitrogens with zero attached hydrogens (tertiary/aromatic N) is 3. The molecular weight excluding hydrogens is 352 g/mol. The first-order chi connectivity index (χ1) is 10.2. The van der Waals surface area contributed by atoms with Crippen LogP contribution in [-0.4, -0.2) is 26.8 Å². The third-order valence-electron chi connectivity index (χ3n) is 2.20. The molecule has 10 heteroatoms. The first-order valence-electron chi connectivity index (χ1n) is 5.62. The number of rotatable bonds is 5. The number of thiophene rings is 1. The third-order valence-corrected chi connectivity index (χ3v) is 4.92. The molecule has 0 aliphatic carbocycles. The summed E-state index contributed by atoms with van der Waals surface area (Å²) in [5, 5.41) is 13.2. The maximum Gasteiger partial charge on any atom is 0.277 e. The molecule has 0 aliphatic heterocycles. The lowest BCUT2D eigenvalue weighted by Gasteiger charge is -1.98. The van der Waals surface area contributed by atoms with Gasteiger partial charge in [-0.3, -0.25) is 4.79 Å². The Morgan fingerprint density at radius 2 is 2.33 bits per heavy atom. The Balaban J connectivity index is 1.56. The highest BCUT2D eigenvalue weighted by Crippen LogP contribution is 2.31. The second kappa shape index (κ2) is 6.56. The summed E-state index contributed by atoms with van der Waals surface area (Å²) >= 11 is 9.74. The zero-order valence-electron chi connectivity index (χ0n) is 10.3. The van der Waals surface area contributed by atoms with Gasteiger partial charge in [-0.2, -0.15) is 0 Å². The minimum absolute atomic E-state index is 0.172. The van der Waals surface area contributed by atoms with Gasteiger partial charge in [0.15, 0.2) is 5.13 Å². The minimum atomic E-state index is -0.172. The van der Waals surface area contributed by atoms with Crippen LogP contribution in [0.2, 0.25) is 4.34 Å². The molecule has 3 aromatic heterocycles. The molecule has 3 rings (SSSR count). The summed E-state index contributed by atoms with van der Waals surface area (Å²) in [5.74, 6) is 0.399. The van der Waals surface area contributed by atoms with Crippen molar-refractivity contribution >= 4 is 57.1 Å². The van der Waals surface area contributed by atoms with Crippen molar-refractivity contribution in [3.05, 3.63) is 28.0 Å². The Morgan fingerprint density at radius 1 is 1.43 bits per heavy atom. The van der Waals surface area contributed by atoms with Crippen LogP contribution in [0.1, 0.15) is 0 Å². The number of carbonyl (C=O) groups is 1. The Hall–Kier alpha value is -1.42. The fourth-order valence-corrected chi connectivity index (χ4v) is 3.44. The number of halogens is 1. The lowest BCUT2D eigenvalue weighted by molar-refractivity contribution is -0.113. The molecule has 1 amide bonds. The van der Waals surface area contributed by atoms with Crippen LogP contribution in [-0.2, 0) is 4.79 Å². The molecule has 0 unspecified atom stereocenters. The Labute approximate surface area is 136 Å². The number of anilines is 1. The van der Waals surface area contributed by atoms with Crippen molar-refractivity contribution in [2.75, 3.05) is 11.1 Å². The predicted molar refractivity (Wildman–Crippen MR) is 84.1 cm³/mol. The van der Waals surface area contributed by atoms with Crippen molar-refractivity contribution in [2.45, 2.75) is 5.22 Å². The first-order valence-corrected chi connectivity index (χ1v) is 8.68. The Bertz CT molecular complexity index is 740. The van der Waals surface area contributed by atoms with Gasteiger partial charge in [-0.15, -0.1) is 32.9 Å². The van der Waals surface area contributed by atoms with Crippen LogP contribution in [0.25, 0.3) is 10.8 Å². The molecule has 0 atom stereocenters. The van der Waals surface area contributed by atoms with Crippen molar-refractivity contribution in [3.63, 3.8) is 0 Å². The van der Waals surface area contributed by atoms with Gasteiger partial charge in [0.25, 0.3) is 11.1 Å². The van der Waals surface area contributed by atoms with E-state index in [1.54, 1.807) is 17.6 Å². The van der Waals surface area contributed by atoms with Gasteiger partial charge >= 0.3 is 0 Å². The number of thiazole rings is 1. The molecule has 6 nitrogen and oxygen atoms in total. The molecule has 0 aromatic carbocycles. The molecule has 0 fully saturated rings. The van der Waals surface area contributed by atoms with Crippen LogP contribution in [0.5, 0.6) is 0 Å². The average molecular weight is 359 g/mol. The first kappa shape index (κ1) is 14.5. The van der Waals surface area contributed by atoms with Gasteiger partial charge < -0.3 is 9.73 Å². The molecule has 0 saturated heterocycles. The Morgan fingerprint density at radius 3 is 3.05 bits per heavy atom. The van der Waals surface area contributed by atoms with Crippen molar-refractivity contribution in [2.24, 2.45) is 0 Å². The van der Waals surface area contributed by atoms with Gasteiger partial charge in [0.2, 0.25) is 5.91 Å².